The first kappa shape index (κ1) is 12.6. The summed E-state index contributed by atoms with van der Waals surface area (Å²) in [4.78, 5) is 13.2. The lowest BCUT2D eigenvalue weighted by Crippen LogP contribution is -2.26. The van der Waals surface area contributed by atoms with Gasteiger partial charge in [-0.3, -0.25) is 9.69 Å². The molecule has 0 aliphatic heterocycles. The maximum atomic E-state index is 13.5. The number of nitrogens with zero attached hydrogens (tertiary/aromatic N) is 1. The van der Waals surface area contributed by atoms with E-state index in [0.29, 0.717) is 5.56 Å². The minimum atomic E-state index is -0.451. The molecule has 0 aliphatic rings. The maximum absolute atomic E-state index is 13.5. The number of halogens is 1. The molecule has 0 aliphatic carbocycles. The molecule has 0 aromatic heterocycles. The fourth-order valence-electron chi connectivity index (χ4n) is 1.75. The summed E-state index contributed by atoms with van der Waals surface area (Å²) in [6.07, 6.45) is 0. The molecule has 0 saturated carbocycles. The number of carbonyl (C=O) groups is 1. The molecule has 0 amide bonds. The molecule has 1 atom stereocenters. The molecule has 1 aromatic rings. The van der Waals surface area contributed by atoms with E-state index in [1.165, 1.54) is 26.2 Å². The number of ether oxygens (including phenoxy) is 1. The van der Waals surface area contributed by atoms with Crippen LogP contribution in [0, 0.1) is 5.82 Å². The Kier molecular flexibility index (Phi) is 4.01. The summed E-state index contributed by atoms with van der Waals surface area (Å²) < 4.78 is 18.3. The zero-order valence-electron chi connectivity index (χ0n) is 9.95. The zero-order chi connectivity index (χ0) is 12.3. The van der Waals surface area contributed by atoms with Gasteiger partial charge in [0, 0.05) is 0 Å². The Hall–Kier alpha value is -1.42. The Balaban J connectivity index is 3.12. The van der Waals surface area contributed by atoms with Gasteiger partial charge in [-0.2, -0.15) is 0 Å². The number of Topliss-reactive ketones (excluding diaryl/α,β-unsaturated/α-hetero) is 1. The first-order chi connectivity index (χ1) is 7.47. The molecular weight excluding hydrogens is 209 g/mol. The lowest BCUT2D eigenvalue weighted by Gasteiger charge is -2.22. The number of carbonyl (C=O) groups excluding carboxylic acids is 1. The number of rotatable bonds is 4. The Morgan fingerprint density at radius 1 is 1.44 bits per heavy atom. The maximum Gasteiger partial charge on any atom is 0.165 e. The van der Waals surface area contributed by atoms with E-state index in [9.17, 15) is 9.18 Å². The molecule has 4 heteroatoms. The summed E-state index contributed by atoms with van der Waals surface area (Å²) in [5, 5.41) is 0. The van der Waals surface area contributed by atoms with Crippen LogP contribution in [-0.4, -0.2) is 31.9 Å². The van der Waals surface area contributed by atoms with E-state index in [-0.39, 0.29) is 11.5 Å². The van der Waals surface area contributed by atoms with Crippen molar-refractivity contribution in [2.45, 2.75) is 13.0 Å². The van der Waals surface area contributed by atoms with E-state index in [0.717, 1.165) is 0 Å². The Labute approximate surface area is 94.8 Å². The highest BCUT2D eigenvalue weighted by Gasteiger charge is 2.20. The van der Waals surface area contributed by atoms with Crippen molar-refractivity contribution >= 4 is 5.78 Å². The first-order valence-corrected chi connectivity index (χ1v) is 4.97. The summed E-state index contributed by atoms with van der Waals surface area (Å²) >= 11 is 0. The number of ketones is 1. The van der Waals surface area contributed by atoms with Gasteiger partial charge < -0.3 is 4.74 Å². The minimum absolute atomic E-state index is 0.0189. The zero-order valence-corrected chi connectivity index (χ0v) is 9.95. The molecule has 1 unspecified atom stereocenters. The Morgan fingerprint density at radius 3 is 2.44 bits per heavy atom. The van der Waals surface area contributed by atoms with Crippen molar-refractivity contribution in [3.05, 3.63) is 29.6 Å². The van der Waals surface area contributed by atoms with Crippen LogP contribution in [0.3, 0.4) is 0 Å². The van der Waals surface area contributed by atoms with Crippen LogP contribution in [0.1, 0.15) is 18.5 Å². The fourth-order valence-corrected chi connectivity index (χ4v) is 1.75. The smallest absolute Gasteiger partial charge is 0.165 e. The lowest BCUT2D eigenvalue weighted by molar-refractivity contribution is -0.121. The minimum Gasteiger partial charge on any atom is -0.494 e. The van der Waals surface area contributed by atoms with Crippen molar-refractivity contribution in [2.75, 3.05) is 21.2 Å². The molecule has 0 spiro atoms. The van der Waals surface area contributed by atoms with Crippen molar-refractivity contribution in [1.82, 2.24) is 4.90 Å². The number of likely N-dealkylation sites (N-methyl/N-ethyl adjacent to an activating group) is 1. The van der Waals surface area contributed by atoms with Crippen LogP contribution in [0.4, 0.5) is 4.39 Å². The van der Waals surface area contributed by atoms with Crippen molar-refractivity contribution in [2.24, 2.45) is 0 Å². The molecular formula is C12H16FNO2. The molecule has 16 heavy (non-hydrogen) atoms. The second-order valence-corrected chi connectivity index (χ2v) is 3.87. The van der Waals surface area contributed by atoms with Crippen LogP contribution < -0.4 is 4.74 Å². The van der Waals surface area contributed by atoms with Gasteiger partial charge in [0.05, 0.1) is 13.2 Å². The third-order valence-corrected chi connectivity index (χ3v) is 2.39. The average Bonchev–Trinajstić information content (AvgIpc) is 2.16. The van der Waals surface area contributed by atoms with Crippen molar-refractivity contribution in [1.29, 1.82) is 0 Å². The standard InChI is InChI=1S/C12H16FNO2/c1-8(15)12(14(2)3)9-5-6-11(16-4)10(13)7-9/h5-7,12H,1-4H3. The molecule has 0 radical (unpaired) electrons. The lowest BCUT2D eigenvalue weighted by atomic mass is 10.0. The van der Waals surface area contributed by atoms with Crippen molar-refractivity contribution in [3.63, 3.8) is 0 Å². The van der Waals surface area contributed by atoms with Gasteiger partial charge in [0.25, 0.3) is 0 Å². The molecule has 3 nitrogen and oxygen atoms in total. The predicted molar refractivity (Wildman–Crippen MR) is 60.1 cm³/mol. The average molecular weight is 225 g/mol. The summed E-state index contributed by atoms with van der Waals surface area (Å²) in [6.45, 7) is 1.49. The van der Waals surface area contributed by atoms with Gasteiger partial charge >= 0.3 is 0 Å². The van der Waals surface area contributed by atoms with E-state index in [1.807, 2.05) is 0 Å². The largest absolute Gasteiger partial charge is 0.494 e. The van der Waals surface area contributed by atoms with Gasteiger partial charge in [0.1, 0.15) is 0 Å². The topological polar surface area (TPSA) is 29.5 Å². The summed E-state index contributed by atoms with van der Waals surface area (Å²) in [5.74, 6) is -0.285. The van der Waals surface area contributed by atoms with Gasteiger partial charge in [-0.25, -0.2) is 4.39 Å². The molecule has 88 valence electrons. The molecule has 0 heterocycles. The third kappa shape index (κ3) is 2.58. The Bertz CT molecular complexity index is 391. The van der Waals surface area contributed by atoms with E-state index in [2.05, 4.69) is 0 Å². The number of hydrogen-bond acceptors (Lipinski definition) is 3. The molecule has 1 rings (SSSR count). The van der Waals surface area contributed by atoms with Crippen molar-refractivity contribution < 1.29 is 13.9 Å². The second kappa shape index (κ2) is 5.07. The summed E-state index contributed by atoms with van der Waals surface area (Å²) in [7, 11) is 4.98. The molecule has 0 fully saturated rings. The van der Waals surface area contributed by atoms with Crippen LogP contribution in [-0.2, 0) is 4.79 Å². The normalized spacial score (nSPS) is 12.6. The SMILES string of the molecule is COc1ccc(C(C(C)=O)N(C)C)cc1F. The van der Waals surface area contributed by atoms with Crippen LogP contribution in [0.15, 0.2) is 18.2 Å². The highest BCUT2D eigenvalue weighted by molar-refractivity contribution is 5.82. The highest BCUT2D eigenvalue weighted by Crippen LogP contribution is 2.24. The van der Waals surface area contributed by atoms with Crippen LogP contribution in [0.25, 0.3) is 0 Å². The summed E-state index contributed by atoms with van der Waals surface area (Å²) in [6, 6.07) is 4.16. The van der Waals surface area contributed by atoms with E-state index in [4.69, 9.17) is 4.74 Å². The second-order valence-electron chi connectivity index (χ2n) is 3.87. The van der Waals surface area contributed by atoms with Crippen molar-refractivity contribution in [3.8, 4) is 5.75 Å². The monoisotopic (exact) mass is 225 g/mol. The Morgan fingerprint density at radius 2 is 2.06 bits per heavy atom. The summed E-state index contributed by atoms with van der Waals surface area (Å²) in [5.41, 5.74) is 0.635. The third-order valence-electron chi connectivity index (χ3n) is 2.39. The highest BCUT2D eigenvalue weighted by atomic mass is 19.1. The quantitative estimate of drug-likeness (QED) is 0.785. The van der Waals surface area contributed by atoms with Gasteiger partial charge in [0.2, 0.25) is 0 Å². The van der Waals surface area contributed by atoms with Gasteiger partial charge in [-0.1, -0.05) is 6.07 Å². The van der Waals surface area contributed by atoms with Crippen LogP contribution in [0.5, 0.6) is 5.75 Å². The van der Waals surface area contributed by atoms with Gasteiger partial charge in [-0.15, -0.1) is 0 Å². The molecule has 1 aromatic carbocycles. The number of methoxy groups -OCH3 is 1. The predicted octanol–water partition coefficient (Wildman–Crippen LogP) is 2.03. The number of benzene rings is 1. The molecule has 0 bridgehead atoms. The van der Waals surface area contributed by atoms with E-state index >= 15 is 0 Å². The number of hydrogen-bond donors (Lipinski definition) is 0. The fraction of sp³-hybridized carbons (Fsp3) is 0.417. The first-order valence-electron chi connectivity index (χ1n) is 4.97. The molecule has 0 saturated heterocycles. The van der Waals surface area contributed by atoms with E-state index in [1.54, 1.807) is 25.1 Å². The van der Waals surface area contributed by atoms with Gasteiger partial charge in [-0.05, 0) is 38.7 Å². The van der Waals surface area contributed by atoms with E-state index < -0.39 is 11.9 Å². The molecule has 0 N–H and O–H groups in total. The van der Waals surface area contributed by atoms with Gasteiger partial charge in [0.15, 0.2) is 17.3 Å². The van der Waals surface area contributed by atoms with Crippen LogP contribution >= 0.6 is 0 Å². The van der Waals surface area contributed by atoms with Crippen LogP contribution in [0.2, 0.25) is 0 Å².